The summed E-state index contributed by atoms with van der Waals surface area (Å²) in [4.78, 5) is 15.7. The molecule has 2 amide bonds. The molecule has 3 N–H and O–H groups in total. The van der Waals surface area contributed by atoms with Crippen LogP contribution >= 0.6 is 0 Å². The van der Waals surface area contributed by atoms with Gasteiger partial charge in [0, 0.05) is 12.6 Å². The monoisotopic (exact) mass is 410 g/mol. The molecule has 1 aromatic rings. The largest absolute Gasteiger partial charge is 0.335 e. The minimum Gasteiger partial charge on any atom is -0.335 e. The van der Waals surface area contributed by atoms with Crippen LogP contribution < -0.4 is 16.0 Å². The van der Waals surface area contributed by atoms with Crippen LogP contribution in [0.5, 0.6) is 0 Å². The van der Waals surface area contributed by atoms with Crippen molar-refractivity contribution in [2.45, 2.75) is 62.9 Å². The number of urea groups is 1. The summed E-state index contributed by atoms with van der Waals surface area (Å²) in [6.07, 6.45) is 9.82. The van der Waals surface area contributed by atoms with Gasteiger partial charge in [-0.15, -0.1) is 0 Å². The van der Waals surface area contributed by atoms with Gasteiger partial charge in [-0.2, -0.15) is 0 Å². The van der Waals surface area contributed by atoms with Crippen LogP contribution in [0, 0.1) is 17.8 Å². The zero-order valence-corrected chi connectivity index (χ0v) is 18.2. The Labute approximate surface area is 181 Å². The van der Waals surface area contributed by atoms with E-state index in [1.54, 1.807) is 0 Å². The molecule has 3 saturated heterocycles. The predicted octanol–water partition coefficient (Wildman–Crippen LogP) is 3.47. The maximum Gasteiger partial charge on any atom is 0.318 e. The van der Waals surface area contributed by atoms with Gasteiger partial charge in [-0.3, -0.25) is 0 Å². The van der Waals surface area contributed by atoms with Crippen molar-refractivity contribution >= 4 is 6.03 Å². The molecule has 2 unspecified atom stereocenters. The Morgan fingerprint density at radius 2 is 1.60 bits per heavy atom. The van der Waals surface area contributed by atoms with Gasteiger partial charge in [0.25, 0.3) is 0 Å². The van der Waals surface area contributed by atoms with Crippen LogP contribution in [0.2, 0.25) is 0 Å². The minimum atomic E-state index is -0.210. The number of nitrogens with one attached hydrogen (secondary N) is 3. The van der Waals surface area contributed by atoms with Crippen LogP contribution in [0.25, 0.3) is 0 Å². The van der Waals surface area contributed by atoms with Crippen molar-refractivity contribution in [3.63, 3.8) is 0 Å². The molecule has 3 heterocycles. The Hall–Kier alpha value is -1.59. The Balaban J connectivity index is 1.58. The zero-order valence-electron chi connectivity index (χ0n) is 18.2. The van der Waals surface area contributed by atoms with Crippen molar-refractivity contribution in [3.8, 4) is 0 Å². The van der Waals surface area contributed by atoms with Crippen molar-refractivity contribution in [1.29, 1.82) is 0 Å². The molecule has 30 heavy (non-hydrogen) atoms. The zero-order chi connectivity index (χ0) is 20.4. The topological polar surface area (TPSA) is 56.4 Å². The number of amides is 2. The molecule has 1 aromatic carbocycles. The van der Waals surface area contributed by atoms with Crippen LogP contribution in [0.15, 0.2) is 30.3 Å². The number of benzene rings is 1. The Kier molecular flexibility index (Phi) is 6.01. The molecule has 4 aliphatic rings. The van der Waals surface area contributed by atoms with Gasteiger partial charge in [-0.05, 0) is 81.6 Å². The molecule has 3 aliphatic heterocycles. The first kappa shape index (κ1) is 20.3. The Morgan fingerprint density at radius 3 is 2.37 bits per heavy atom. The molecule has 1 aliphatic carbocycles. The highest BCUT2D eigenvalue weighted by molar-refractivity contribution is 5.79. The average molecular weight is 411 g/mol. The summed E-state index contributed by atoms with van der Waals surface area (Å²) in [5.74, 6) is 1.87. The lowest BCUT2D eigenvalue weighted by molar-refractivity contribution is -0.00995. The molecule has 4 fully saturated rings. The molecule has 5 heteroatoms. The summed E-state index contributed by atoms with van der Waals surface area (Å²) in [5.41, 5.74) is 1.14. The second-order valence-electron chi connectivity index (χ2n) is 9.96. The molecule has 1 saturated carbocycles. The quantitative estimate of drug-likeness (QED) is 0.712. The second-order valence-corrected chi connectivity index (χ2v) is 9.96. The van der Waals surface area contributed by atoms with Gasteiger partial charge in [0.05, 0.1) is 5.54 Å². The number of rotatable bonds is 4. The van der Waals surface area contributed by atoms with Crippen LogP contribution in [0.3, 0.4) is 0 Å². The van der Waals surface area contributed by atoms with E-state index in [1.165, 1.54) is 37.7 Å². The van der Waals surface area contributed by atoms with Gasteiger partial charge in [0.1, 0.15) is 0 Å². The van der Waals surface area contributed by atoms with E-state index in [1.807, 2.05) is 0 Å². The van der Waals surface area contributed by atoms with Gasteiger partial charge >= 0.3 is 6.03 Å². The standard InChI is InChI=1S/C25H38N4O/c30-24-28-18-25(20-7-3-1-4-8-20,29(24)21-9-5-2-6-10-21)23-13-16-27-17-22(23)19-11-14-26-15-12-19/h1,3-4,7-8,19,21-23,26-27H,2,5-6,9-18H2,(H,28,30)/t22?,23?,25-/m0/s1. The smallest absolute Gasteiger partial charge is 0.318 e. The summed E-state index contributed by atoms with van der Waals surface area (Å²) in [7, 11) is 0. The van der Waals surface area contributed by atoms with E-state index in [-0.39, 0.29) is 11.6 Å². The van der Waals surface area contributed by atoms with Crippen LogP contribution in [0.4, 0.5) is 4.79 Å². The van der Waals surface area contributed by atoms with E-state index in [2.05, 4.69) is 51.2 Å². The van der Waals surface area contributed by atoms with Crippen molar-refractivity contribution in [2.24, 2.45) is 17.8 Å². The van der Waals surface area contributed by atoms with E-state index in [9.17, 15) is 4.79 Å². The predicted molar refractivity (Wildman–Crippen MR) is 120 cm³/mol. The maximum atomic E-state index is 13.4. The molecule has 0 bridgehead atoms. The lowest BCUT2D eigenvalue weighted by Crippen LogP contribution is -2.60. The van der Waals surface area contributed by atoms with E-state index in [0.717, 1.165) is 57.9 Å². The van der Waals surface area contributed by atoms with E-state index in [4.69, 9.17) is 0 Å². The molecule has 0 spiro atoms. The second kappa shape index (κ2) is 8.88. The number of nitrogens with zero attached hydrogens (tertiary/aromatic N) is 1. The van der Waals surface area contributed by atoms with Gasteiger partial charge in [-0.1, -0.05) is 49.6 Å². The molecule has 164 valence electrons. The fourth-order valence-electron chi connectivity index (χ4n) is 7.13. The molecular weight excluding hydrogens is 372 g/mol. The summed E-state index contributed by atoms with van der Waals surface area (Å²) in [5, 5.41) is 10.6. The number of hydrogen-bond acceptors (Lipinski definition) is 3. The molecule has 0 aromatic heterocycles. The number of hydrogen-bond donors (Lipinski definition) is 3. The third kappa shape index (κ3) is 3.54. The summed E-state index contributed by atoms with van der Waals surface area (Å²) >= 11 is 0. The maximum absolute atomic E-state index is 13.4. The van der Waals surface area contributed by atoms with E-state index in [0.29, 0.717) is 17.9 Å². The van der Waals surface area contributed by atoms with Crippen LogP contribution in [-0.2, 0) is 5.54 Å². The molecule has 5 nitrogen and oxygen atoms in total. The molecule has 0 radical (unpaired) electrons. The van der Waals surface area contributed by atoms with Crippen molar-refractivity contribution in [3.05, 3.63) is 35.9 Å². The van der Waals surface area contributed by atoms with Gasteiger partial charge in [0.2, 0.25) is 0 Å². The van der Waals surface area contributed by atoms with E-state index >= 15 is 0 Å². The highest BCUT2D eigenvalue weighted by atomic mass is 16.2. The van der Waals surface area contributed by atoms with Crippen molar-refractivity contribution < 1.29 is 4.79 Å². The van der Waals surface area contributed by atoms with Crippen molar-refractivity contribution in [2.75, 3.05) is 32.7 Å². The summed E-state index contributed by atoms with van der Waals surface area (Å²) < 4.78 is 0. The number of piperidine rings is 2. The Bertz CT molecular complexity index is 713. The molecule has 5 rings (SSSR count). The third-order valence-corrected chi connectivity index (χ3v) is 8.50. The first-order valence-electron chi connectivity index (χ1n) is 12.3. The first-order chi connectivity index (χ1) is 14.8. The summed E-state index contributed by atoms with van der Waals surface area (Å²) in [6.45, 7) is 5.19. The average Bonchev–Trinajstić information content (AvgIpc) is 3.18. The third-order valence-electron chi connectivity index (χ3n) is 8.50. The summed E-state index contributed by atoms with van der Waals surface area (Å²) in [6, 6.07) is 11.6. The fourth-order valence-corrected chi connectivity index (χ4v) is 7.13. The van der Waals surface area contributed by atoms with Crippen LogP contribution in [0.1, 0.15) is 56.9 Å². The fraction of sp³-hybridized carbons (Fsp3) is 0.720. The lowest BCUT2D eigenvalue weighted by Gasteiger charge is -2.53. The molecule has 3 atom stereocenters. The highest BCUT2D eigenvalue weighted by Gasteiger charge is 2.57. The number of carbonyl (C=O) groups is 1. The number of carbonyl (C=O) groups excluding carboxylic acids is 1. The van der Waals surface area contributed by atoms with Gasteiger partial charge in [-0.25, -0.2) is 4.79 Å². The van der Waals surface area contributed by atoms with E-state index < -0.39 is 0 Å². The van der Waals surface area contributed by atoms with Crippen molar-refractivity contribution in [1.82, 2.24) is 20.9 Å². The minimum absolute atomic E-state index is 0.174. The van der Waals surface area contributed by atoms with Crippen LogP contribution in [-0.4, -0.2) is 49.7 Å². The molecular formula is C25H38N4O. The normalized spacial score (nSPS) is 34.1. The SMILES string of the molecule is O=C1NC[C@](c2ccccc2)(C2CCNCC2C2CCNCC2)N1C1CCCCC1. The Morgan fingerprint density at radius 1 is 0.867 bits per heavy atom. The van der Waals surface area contributed by atoms with Gasteiger partial charge < -0.3 is 20.9 Å². The highest BCUT2D eigenvalue weighted by Crippen LogP contribution is 2.50. The first-order valence-corrected chi connectivity index (χ1v) is 12.3. The van der Waals surface area contributed by atoms with Gasteiger partial charge in [0.15, 0.2) is 0 Å². The lowest BCUT2D eigenvalue weighted by atomic mass is 9.63.